The summed E-state index contributed by atoms with van der Waals surface area (Å²) in [6, 6.07) is 2.27. The molecule has 0 unspecified atom stereocenters. The van der Waals surface area contributed by atoms with Crippen molar-refractivity contribution in [3.63, 3.8) is 0 Å². The third-order valence-corrected chi connectivity index (χ3v) is 3.34. The minimum Gasteiger partial charge on any atom is -0.504 e. The largest absolute Gasteiger partial charge is 0.504 e. The van der Waals surface area contributed by atoms with Gasteiger partial charge in [-0.25, -0.2) is 0 Å². The Morgan fingerprint density at radius 3 is 2.81 bits per heavy atom. The fourth-order valence-electron chi connectivity index (χ4n) is 1.66. The van der Waals surface area contributed by atoms with Gasteiger partial charge in [-0.2, -0.15) is 4.99 Å². The normalized spacial score (nSPS) is 16.1. The quantitative estimate of drug-likeness (QED) is 0.491. The van der Waals surface area contributed by atoms with Crippen LogP contribution in [0.1, 0.15) is 12.5 Å². The molecule has 0 atom stereocenters. The van der Waals surface area contributed by atoms with Crippen molar-refractivity contribution in [2.45, 2.75) is 6.92 Å². The summed E-state index contributed by atoms with van der Waals surface area (Å²) in [6.45, 7) is 1.91. The van der Waals surface area contributed by atoms with Gasteiger partial charge in [0.25, 0.3) is 11.6 Å². The van der Waals surface area contributed by atoms with Crippen molar-refractivity contribution in [3.8, 4) is 11.5 Å². The van der Waals surface area contributed by atoms with E-state index in [2.05, 4.69) is 4.99 Å². The zero-order chi connectivity index (χ0) is 15.6. The maximum atomic E-state index is 11.5. The molecule has 0 radical (unpaired) electrons. The molecule has 0 fully saturated rings. The summed E-state index contributed by atoms with van der Waals surface area (Å²) in [5, 5.41) is 21.0. The predicted octanol–water partition coefficient (Wildman–Crippen LogP) is 1.63. The summed E-state index contributed by atoms with van der Waals surface area (Å²) in [7, 11) is 0. The predicted molar refractivity (Wildman–Crippen MR) is 78.1 cm³/mol. The zero-order valence-corrected chi connectivity index (χ0v) is 11.7. The Balaban J connectivity index is 2.50. The molecule has 8 nitrogen and oxygen atoms in total. The van der Waals surface area contributed by atoms with Gasteiger partial charge in [0.15, 0.2) is 16.7 Å². The van der Waals surface area contributed by atoms with E-state index in [0.717, 1.165) is 23.9 Å². The number of aromatic hydroxyl groups is 1. The number of phenols is 1. The lowest BCUT2D eigenvalue weighted by atomic mass is 10.1. The van der Waals surface area contributed by atoms with E-state index in [4.69, 9.17) is 10.5 Å². The number of nitrogens with zero attached hydrogens (tertiary/aromatic N) is 2. The van der Waals surface area contributed by atoms with Crippen molar-refractivity contribution in [2.75, 3.05) is 6.61 Å². The third-order valence-electron chi connectivity index (χ3n) is 2.52. The summed E-state index contributed by atoms with van der Waals surface area (Å²) >= 11 is 0.928. The number of nitrogens with two attached hydrogens (primary N) is 1. The Kier molecular flexibility index (Phi) is 4.13. The van der Waals surface area contributed by atoms with Gasteiger partial charge in [0, 0.05) is 11.6 Å². The number of hydrogen-bond acceptors (Lipinski definition) is 7. The summed E-state index contributed by atoms with van der Waals surface area (Å²) in [6.07, 6.45) is 1.29. The Morgan fingerprint density at radius 1 is 1.57 bits per heavy atom. The number of amidine groups is 1. The van der Waals surface area contributed by atoms with Crippen LogP contribution in [-0.4, -0.2) is 27.7 Å². The van der Waals surface area contributed by atoms with Gasteiger partial charge < -0.3 is 15.6 Å². The molecule has 1 heterocycles. The van der Waals surface area contributed by atoms with E-state index >= 15 is 0 Å². The SMILES string of the molecule is CCOc1cc([N+](=O)[O-])cc(C=C2SC(N)=NC2=O)c1O. The highest BCUT2D eigenvalue weighted by atomic mass is 32.2. The van der Waals surface area contributed by atoms with Gasteiger partial charge in [0.2, 0.25) is 0 Å². The summed E-state index contributed by atoms with van der Waals surface area (Å²) in [4.78, 5) is 25.5. The minimum atomic E-state index is -0.613. The molecule has 0 saturated carbocycles. The van der Waals surface area contributed by atoms with E-state index in [9.17, 15) is 20.0 Å². The van der Waals surface area contributed by atoms with Crippen LogP contribution < -0.4 is 10.5 Å². The Morgan fingerprint density at radius 2 is 2.29 bits per heavy atom. The molecule has 1 amide bonds. The highest BCUT2D eigenvalue weighted by Gasteiger charge is 2.22. The number of ether oxygens (including phenoxy) is 1. The number of thioether (sulfide) groups is 1. The first-order chi connectivity index (χ1) is 9.92. The standard InChI is InChI=1S/C12H11N3O5S/c1-2-20-8-5-7(15(18)19)3-6(10(8)16)4-9-11(17)14-12(13)21-9/h3-5,16H,2H2,1H3,(H2,13,14,17). The van der Waals surface area contributed by atoms with E-state index < -0.39 is 10.8 Å². The molecule has 1 aromatic rings. The first-order valence-corrected chi connectivity index (χ1v) is 6.66. The molecular formula is C12H11N3O5S. The Hall–Kier alpha value is -2.55. The number of amides is 1. The first kappa shape index (κ1) is 14.9. The highest BCUT2D eigenvalue weighted by molar-refractivity contribution is 8.18. The second kappa shape index (κ2) is 5.83. The molecule has 0 spiro atoms. The number of rotatable bonds is 4. The average Bonchev–Trinajstić information content (AvgIpc) is 2.72. The fourth-order valence-corrected chi connectivity index (χ4v) is 2.33. The van der Waals surface area contributed by atoms with Crippen LogP contribution in [0.5, 0.6) is 11.5 Å². The lowest BCUT2D eigenvalue weighted by molar-refractivity contribution is -0.385. The number of nitro groups is 1. The average molecular weight is 309 g/mol. The molecule has 3 N–H and O–H groups in total. The molecule has 21 heavy (non-hydrogen) atoms. The maximum absolute atomic E-state index is 11.5. The minimum absolute atomic E-state index is 0.0251. The Labute approximate surface area is 123 Å². The summed E-state index contributed by atoms with van der Waals surface area (Å²) in [5.41, 5.74) is 5.25. The van der Waals surface area contributed by atoms with Gasteiger partial charge in [-0.05, 0) is 24.8 Å². The maximum Gasteiger partial charge on any atom is 0.286 e. The number of phenolic OH excluding ortho intramolecular Hbond substituents is 1. The summed E-state index contributed by atoms with van der Waals surface area (Å²) in [5.74, 6) is -0.863. The van der Waals surface area contributed by atoms with E-state index in [-0.39, 0.29) is 39.4 Å². The van der Waals surface area contributed by atoms with Crippen molar-refractivity contribution in [1.29, 1.82) is 0 Å². The van der Waals surface area contributed by atoms with Gasteiger partial charge in [-0.3, -0.25) is 14.9 Å². The highest BCUT2D eigenvalue weighted by Crippen LogP contribution is 2.37. The van der Waals surface area contributed by atoms with Crippen LogP contribution in [0.4, 0.5) is 5.69 Å². The molecule has 0 bridgehead atoms. The van der Waals surface area contributed by atoms with Gasteiger partial charge in [0.1, 0.15) is 0 Å². The van der Waals surface area contributed by atoms with Gasteiger partial charge in [-0.15, -0.1) is 0 Å². The van der Waals surface area contributed by atoms with Crippen molar-refractivity contribution in [3.05, 3.63) is 32.7 Å². The van der Waals surface area contributed by atoms with Crippen molar-refractivity contribution in [2.24, 2.45) is 10.7 Å². The van der Waals surface area contributed by atoms with Crippen LogP contribution in [0.25, 0.3) is 6.08 Å². The third kappa shape index (κ3) is 3.14. The second-order valence-electron chi connectivity index (χ2n) is 3.94. The lowest BCUT2D eigenvalue weighted by Gasteiger charge is -2.08. The second-order valence-corrected chi connectivity index (χ2v) is 5.00. The summed E-state index contributed by atoms with van der Waals surface area (Å²) < 4.78 is 5.15. The molecule has 1 aromatic carbocycles. The number of non-ortho nitro benzene ring substituents is 1. The number of nitro benzene ring substituents is 1. The molecule has 9 heteroatoms. The molecule has 1 aliphatic heterocycles. The molecule has 0 aliphatic carbocycles. The van der Waals surface area contributed by atoms with Crippen LogP contribution in [0, 0.1) is 10.1 Å². The molecule has 0 aromatic heterocycles. The monoisotopic (exact) mass is 309 g/mol. The smallest absolute Gasteiger partial charge is 0.286 e. The van der Waals surface area contributed by atoms with E-state index in [0.29, 0.717) is 0 Å². The zero-order valence-electron chi connectivity index (χ0n) is 10.9. The van der Waals surface area contributed by atoms with Crippen molar-refractivity contribution in [1.82, 2.24) is 0 Å². The lowest BCUT2D eigenvalue weighted by Crippen LogP contribution is -2.01. The number of carbonyl (C=O) groups is 1. The van der Waals surface area contributed by atoms with E-state index in [1.54, 1.807) is 6.92 Å². The van der Waals surface area contributed by atoms with Crippen molar-refractivity contribution < 1.29 is 19.6 Å². The fraction of sp³-hybridized carbons (Fsp3) is 0.167. The van der Waals surface area contributed by atoms with Crippen LogP contribution in [0.3, 0.4) is 0 Å². The topological polar surface area (TPSA) is 128 Å². The first-order valence-electron chi connectivity index (χ1n) is 5.84. The van der Waals surface area contributed by atoms with Gasteiger partial charge >= 0.3 is 0 Å². The van der Waals surface area contributed by atoms with Crippen LogP contribution in [0.2, 0.25) is 0 Å². The van der Waals surface area contributed by atoms with Gasteiger partial charge in [-0.1, -0.05) is 0 Å². The van der Waals surface area contributed by atoms with Crippen LogP contribution in [0.15, 0.2) is 22.0 Å². The number of aliphatic imine (C=N–C) groups is 1. The molecule has 0 saturated heterocycles. The van der Waals surface area contributed by atoms with Crippen molar-refractivity contribution >= 4 is 34.6 Å². The molecule has 2 rings (SSSR count). The number of carbonyl (C=O) groups excluding carboxylic acids is 1. The molecular weight excluding hydrogens is 298 g/mol. The van der Waals surface area contributed by atoms with Crippen LogP contribution >= 0.6 is 11.8 Å². The van der Waals surface area contributed by atoms with E-state index in [1.165, 1.54) is 6.08 Å². The van der Waals surface area contributed by atoms with Crippen LogP contribution in [-0.2, 0) is 4.79 Å². The Bertz CT molecular complexity index is 684. The van der Waals surface area contributed by atoms with E-state index in [1.807, 2.05) is 0 Å². The number of benzene rings is 1. The molecule has 1 aliphatic rings. The van der Waals surface area contributed by atoms with Gasteiger partial charge in [0.05, 0.1) is 22.5 Å². The number of hydrogen-bond donors (Lipinski definition) is 2. The molecule has 110 valence electrons.